The largest absolute Gasteiger partial charge is 0.493 e. The second kappa shape index (κ2) is 5.86. The number of esters is 1. The van der Waals surface area contributed by atoms with E-state index in [-0.39, 0.29) is 16.8 Å². The summed E-state index contributed by atoms with van der Waals surface area (Å²) in [6, 6.07) is 0. The highest BCUT2D eigenvalue weighted by Crippen LogP contribution is 2.59. The second-order valence-corrected chi connectivity index (χ2v) is 7.24. The molecule has 2 atom stereocenters. The molecule has 118 valence electrons. The van der Waals surface area contributed by atoms with Crippen LogP contribution in [0.25, 0.3) is 0 Å². The number of allylic oxidation sites excluding steroid dienone is 1. The average Bonchev–Trinajstić information content (AvgIpc) is 2.42. The molecule has 2 unspecified atom stereocenters. The van der Waals surface area contributed by atoms with Gasteiger partial charge in [0.05, 0.1) is 12.7 Å². The van der Waals surface area contributed by atoms with Gasteiger partial charge in [-0.2, -0.15) is 0 Å². The Hall–Kier alpha value is -1.25. The molecule has 0 saturated heterocycles. The molecule has 0 aromatic heterocycles. The van der Waals surface area contributed by atoms with Crippen molar-refractivity contribution in [2.45, 2.75) is 52.9 Å². The van der Waals surface area contributed by atoms with Crippen LogP contribution in [0, 0.1) is 16.7 Å². The lowest BCUT2D eigenvalue weighted by molar-refractivity contribution is -0.140. The number of hydrogen-bond donors (Lipinski definition) is 0. The molecule has 0 N–H and O–H groups in total. The van der Waals surface area contributed by atoms with Gasteiger partial charge in [0.15, 0.2) is 0 Å². The molecule has 2 aliphatic rings. The molecule has 3 heteroatoms. The molecule has 0 spiro atoms. The van der Waals surface area contributed by atoms with Crippen molar-refractivity contribution in [3.63, 3.8) is 0 Å². The van der Waals surface area contributed by atoms with Crippen LogP contribution in [0.3, 0.4) is 0 Å². The fourth-order valence-corrected chi connectivity index (χ4v) is 4.60. The van der Waals surface area contributed by atoms with Crippen LogP contribution in [-0.2, 0) is 14.3 Å². The van der Waals surface area contributed by atoms with Crippen LogP contribution in [-0.4, -0.2) is 19.7 Å². The summed E-state index contributed by atoms with van der Waals surface area (Å²) in [4.78, 5) is 12.4. The first-order valence-corrected chi connectivity index (χ1v) is 7.92. The fourth-order valence-electron chi connectivity index (χ4n) is 4.60. The van der Waals surface area contributed by atoms with Crippen molar-refractivity contribution in [3.8, 4) is 0 Å². The number of methoxy groups -OCH3 is 1. The van der Waals surface area contributed by atoms with Gasteiger partial charge in [-0.25, -0.2) is 4.79 Å². The molecule has 1 fully saturated rings. The van der Waals surface area contributed by atoms with Crippen LogP contribution < -0.4 is 0 Å². The minimum atomic E-state index is -0.223. The van der Waals surface area contributed by atoms with E-state index in [1.54, 1.807) is 6.08 Å². The van der Waals surface area contributed by atoms with Crippen LogP contribution in [0.4, 0.5) is 0 Å². The van der Waals surface area contributed by atoms with E-state index in [2.05, 4.69) is 27.4 Å². The van der Waals surface area contributed by atoms with Crippen LogP contribution in [0.15, 0.2) is 24.0 Å². The Morgan fingerprint density at radius 1 is 1.38 bits per heavy atom. The van der Waals surface area contributed by atoms with Gasteiger partial charge in [0.1, 0.15) is 12.4 Å². The number of rotatable bonds is 4. The smallest absolute Gasteiger partial charge is 0.337 e. The van der Waals surface area contributed by atoms with Crippen molar-refractivity contribution in [1.29, 1.82) is 0 Å². The molecular formula is C18H28O3. The van der Waals surface area contributed by atoms with E-state index < -0.39 is 0 Å². The van der Waals surface area contributed by atoms with Crippen molar-refractivity contribution in [3.05, 3.63) is 24.0 Å². The molecule has 0 radical (unpaired) electrons. The first-order valence-electron chi connectivity index (χ1n) is 7.92. The lowest BCUT2D eigenvalue weighted by Crippen LogP contribution is -2.47. The summed E-state index contributed by atoms with van der Waals surface area (Å²) in [7, 11) is 1.46. The molecule has 3 nitrogen and oxygen atoms in total. The van der Waals surface area contributed by atoms with Crippen molar-refractivity contribution in [1.82, 2.24) is 0 Å². The minimum Gasteiger partial charge on any atom is -0.493 e. The molecule has 0 aromatic carbocycles. The maximum atomic E-state index is 12.4. The summed E-state index contributed by atoms with van der Waals surface area (Å²) in [5, 5.41) is 0. The number of carbonyl (C=O) groups excluding carboxylic acids is 1. The number of hydrogen-bond acceptors (Lipinski definition) is 3. The summed E-state index contributed by atoms with van der Waals surface area (Å²) in [6.07, 6.45) is 7.03. The lowest BCUT2D eigenvalue weighted by Gasteiger charge is -2.53. The Bertz CT molecular complexity index is 461. The number of fused-ring (bicyclic) bond motifs is 1. The van der Waals surface area contributed by atoms with Gasteiger partial charge in [-0.3, -0.25) is 0 Å². The molecule has 0 aromatic rings. The predicted octanol–water partition coefficient (Wildman–Crippen LogP) is 4.24. The van der Waals surface area contributed by atoms with Crippen molar-refractivity contribution < 1.29 is 14.3 Å². The Balaban J connectivity index is 2.47. The lowest BCUT2D eigenvalue weighted by atomic mass is 9.51. The summed E-state index contributed by atoms with van der Waals surface area (Å²) >= 11 is 0. The van der Waals surface area contributed by atoms with Gasteiger partial charge in [0, 0.05) is 11.8 Å². The molecular weight excluding hydrogens is 264 g/mol. The standard InChI is InChI=1S/C18H28O3/c1-6-12-21-13-8-9-14-17(2,3)10-7-11-18(14,4)15(13)16(19)20-5/h6,14H,1,7-12H2,2-5H3. The third-order valence-electron chi connectivity index (χ3n) is 5.50. The molecule has 21 heavy (non-hydrogen) atoms. The quantitative estimate of drug-likeness (QED) is 0.574. The van der Waals surface area contributed by atoms with E-state index in [9.17, 15) is 4.79 Å². The first-order chi connectivity index (χ1) is 9.86. The highest BCUT2D eigenvalue weighted by atomic mass is 16.5. The molecule has 0 heterocycles. The zero-order valence-corrected chi connectivity index (χ0v) is 13.8. The van der Waals surface area contributed by atoms with Gasteiger partial charge in [0.25, 0.3) is 0 Å². The minimum absolute atomic E-state index is 0.135. The Labute approximate surface area is 128 Å². The van der Waals surface area contributed by atoms with Gasteiger partial charge in [-0.05, 0) is 30.6 Å². The van der Waals surface area contributed by atoms with Gasteiger partial charge in [-0.15, -0.1) is 0 Å². The second-order valence-electron chi connectivity index (χ2n) is 7.24. The highest BCUT2D eigenvalue weighted by molar-refractivity contribution is 5.90. The normalized spacial score (nSPS) is 31.3. The summed E-state index contributed by atoms with van der Waals surface area (Å²) in [5.41, 5.74) is 0.899. The third-order valence-corrected chi connectivity index (χ3v) is 5.50. The Morgan fingerprint density at radius 2 is 2.10 bits per heavy atom. The molecule has 2 aliphatic carbocycles. The number of ether oxygens (including phenoxy) is 2. The SMILES string of the molecule is C=CCOC1=C(C(=O)OC)C2(C)CCCC(C)(C)C2CC1. The first kappa shape index (κ1) is 16.1. The highest BCUT2D eigenvalue weighted by Gasteiger charge is 2.53. The molecule has 2 rings (SSSR count). The molecule has 0 bridgehead atoms. The Kier molecular flexibility index (Phi) is 4.50. The van der Waals surface area contributed by atoms with Crippen LogP contribution >= 0.6 is 0 Å². The molecule has 0 amide bonds. The van der Waals surface area contributed by atoms with Gasteiger partial charge in [0.2, 0.25) is 0 Å². The van der Waals surface area contributed by atoms with Crippen molar-refractivity contribution in [2.24, 2.45) is 16.7 Å². The maximum absolute atomic E-state index is 12.4. The summed E-state index contributed by atoms with van der Waals surface area (Å²) in [6.45, 7) is 11.0. The van der Waals surface area contributed by atoms with Crippen LogP contribution in [0.1, 0.15) is 52.9 Å². The van der Waals surface area contributed by atoms with E-state index in [0.717, 1.165) is 37.0 Å². The van der Waals surface area contributed by atoms with Gasteiger partial charge >= 0.3 is 5.97 Å². The van der Waals surface area contributed by atoms with Gasteiger partial charge in [-0.1, -0.05) is 39.8 Å². The third kappa shape index (κ3) is 2.75. The van der Waals surface area contributed by atoms with E-state index in [1.165, 1.54) is 13.5 Å². The Morgan fingerprint density at radius 3 is 2.71 bits per heavy atom. The van der Waals surface area contributed by atoms with Gasteiger partial charge < -0.3 is 9.47 Å². The van der Waals surface area contributed by atoms with Crippen molar-refractivity contribution in [2.75, 3.05) is 13.7 Å². The van der Waals surface area contributed by atoms with E-state index in [1.807, 2.05) is 0 Å². The topological polar surface area (TPSA) is 35.5 Å². The van der Waals surface area contributed by atoms with Crippen LogP contribution in [0.2, 0.25) is 0 Å². The van der Waals surface area contributed by atoms with E-state index in [0.29, 0.717) is 12.5 Å². The average molecular weight is 292 g/mol. The van der Waals surface area contributed by atoms with E-state index >= 15 is 0 Å². The predicted molar refractivity (Wildman–Crippen MR) is 83.7 cm³/mol. The summed E-state index contributed by atoms with van der Waals surface area (Å²) < 4.78 is 10.9. The molecule has 0 aliphatic heterocycles. The zero-order chi connectivity index (χ0) is 15.7. The number of carbonyl (C=O) groups is 1. The molecule has 1 saturated carbocycles. The maximum Gasteiger partial charge on any atom is 0.337 e. The van der Waals surface area contributed by atoms with E-state index in [4.69, 9.17) is 9.47 Å². The van der Waals surface area contributed by atoms with Crippen molar-refractivity contribution >= 4 is 5.97 Å². The zero-order valence-electron chi connectivity index (χ0n) is 13.8. The fraction of sp³-hybridized carbons (Fsp3) is 0.722. The van der Waals surface area contributed by atoms with Crippen LogP contribution in [0.5, 0.6) is 0 Å². The summed E-state index contributed by atoms with van der Waals surface area (Å²) in [5.74, 6) is 1.10. The monoisotopic (exact) mass is 292 g/mol.